The van der Waals surface area contributed by atoms with Crippen molar-refractivity contribution in [3.63, 3.8) is 0 Å². The number of rotatable bonds is 8. The van der Waals surface area contributed by atoms with Crippen molar-refractivity contribution in [2.24, 2.45) is 4.99 Å². The van der Waals surface area contributed by atoms with Crippen LogP contribution in [-0.2, 0) is 6.54 Å². The van der Waals surface area contributed by atoms with Crippen LogP contribution in [0.15, 0.2) is 64.2 Å². The number of halogens is 1. The van der Waals surface area contributed by atoms with E-state index in [0.29, 0.717) is 24.9 Å². The molecule has 7 nitrogen and oxygen atoms in total. The lowest BCUT2D eigenvalue weighted by molar-refractivity contribution is 0.298. The minimum absolute atomic E-state index is 0. The number of likely N-dealkylation sites (N-methyl/N-ethyl adjacent to an activating group) is 1. The molecule has 0 bridgehead atoms. The maximum atomic E-state index is 5.63. The Kier molecular flexibility index (Phi) is 9.98. The standard InChI is InChI=1S/C24H31N5O2.HI/c1-17-6-8-19(9-7-17)23-28-20(16-31-23)14-26-24(25-2)27-15-22(29(3)4)18-10-12-21(30-5)13-11-18;/h6-13,16,22H,14-15H2,1-5H3,(H2,25,26,27);1H. The van der Waals surface area contributed by atoms with Crippen LogP contribution in [0, 0.1) is 6.92 Å². The first-order chi connectivity index (χ1) is 15.0. The molecule has 2 aromatic carbocycles. The van der Waals surface area contributed by atoms with Gasteiger partial charge in [-0.15, -0.1) is 24.0 Å². The third-order valence-electron chi connectivity index (χ3n) is 5.10. The third kappa shape index (κ3) is 6.96. The van der Waals surface area contributed by atoms with Crippen molar-refractivity contribution in [3.8, 4) is 17.2 Å². The van der Waals surface area contributed by atoms with E-state index in [1.54, 1.807) is 20.4 Å². The molecule has 8 heteroatoms. The van der Waals surface area contributed by atoms with Crippen molar-refractivity contribution < 1.29 is 9.15 Å². The Morgan fingerprint density at radius 2 is 1.78 bits per heavy atom. The number of nitrogens with zero attached hydrogens (tertiary/aromatic N) is 3. The van der Waals surface area contributed by atoms with Crippen LogP contribution < -0.4 is 15.4 Å². The molecule has 0 fully saturated rings. The fraction of sp³-hybridized carbons (Fsp3) is 0.333. The number of hydrogen-bond donors (Lipinski definition) is 2. The number of aryl methyl sites for hydroxylation is 1. The molecule has 172 valence electrons. The Hall–Kier alpha value is -2.59. The van der Waals surface area contributed by atoms with Crippen molar-refractivity contribution >= 4 is 29.9 Å². The summed E-state index contributed by atoms with van der Waals surface area (Å²) in [6.45, 7) is 3.28. The van der Waals surface area contributed by atoms with Gasteiger partial charge >= 0.3 is 0 Å². The first-order valence-corrected chi connectivity index (χ1v) is 10.3. The molecule has 32 heavy (non-hydrogen) atoms. The van der Waals surface area contributed by atoms with Gasteiger partial charge in [0, 0.05) is 19.2 Å². The zero-order chi connectivity index (χ0) is 22.2. The molecule has 0 saturated carbocycles. The molecule has 0 radical (unpaired) electrons. The average molecular weight is 549 g/mol. The molecule has 1 aromatic heterocycles. The van der Waals surface area contributed by atoms with Crippen molar-refractivity contribution in [1.29, 1.82) is 0 Å². The van der Waals surface area contributed by atoms with E-state index in [9.17, 15) is 0 Å². The molecule has 0 amide bonds. The molecular weight excluding hydrogens is 517 g/mol. The first kappa shape index (κ1) is 25.7. The maximum absolute atomic E-state index is 5.63. The molecule has 0 aliphatic rings. The van der Waals surface area contributed by atoms with E-state index in [2.05, 4.69) is 58.7 Å². The number of hydrogen-bond acceptors (Lipinski definition) is 5. The highest BCUT2D eigenvalue weighted by atomic mass is 127. The summed E-state index contributed by atoms with van der Waals surface area (Å²) in [6, 6.07) is 16.4. The van der Waals surface area contributed by atoms with E-state index >= 15 is 0 Å². The van der Waals surface area contributed by atoms with Crippen molar-refractivity contribution in [1.82, 2.24) is 20.5 Å². The maximum Gasteiger partial charge on any atom is 0.226 e. The molecule has 1 unspecified atom stereocenters. The van der Waals surface area contributed by atoms with Gasteiger partial charge in [-0.1, -0.05) is 29.8 Å². The number of ether oxygens (including phenoxy) is 1. The first-order valence-electron chi connectivity index (χ1n) is 10.3. The van der Waals surface area contributed by atoms with Crippen LogP contribution >= 0.6 is 24.0 Å². The van der Waals surface area contributed by atoms with Gasteiger partial charge in [-0.3, -0.25) is 4.99 Å². The molecule has 1 heterocycles. The number of nitrogens with one attached hydrogen (secondary N) is 2. The number of methoxy groups -OCH3 is 1. The van der Waals surface area contributed by atoms with E-state index in [1.807, 2.05) is 36.4 Å². The lowest BCUT2D eigenvalue weighted by atomic mass is 10.1. The van der Waals surface area contributed by atoms with Crippen LogP contribution in [0.4, 0.5) is 0 Å². The van der Waals surface area contributed by atoms with E-state index in [-0.39, 0.29) is 30.0 Å². The van der Waals surface area contributed by atoms with Crippen molar-refractivity contribution in [3.05, 3.63) is 71.6 Å². The van der Waals surface area contributed by atoms with Gasteiger partial charge < -0.3 is 24.7 Å². The van der Waals surface area contributed by atoms with Crippen LogP contribution in [0.5, 0.6) is 5.75 Å². The van der Waals surface area contributed by atoms with Crippen molar-refractivity contribution in [2.45, 2.75) is 19.5 Å². The third-order valence-corrected chi connectivity index (χ3v) is 5.10. The van der Waals surface area contributed by atoms with Gasteiger partial charge in [-0.2, -0.15) is 0 Å². The lowest BCUT2D eigenvalue weighted by Gasteiger charge is -2.26. The number of guanidine groups is 1. The van der Waals surface area contributed by atoms with Crippen LogP contribution in [0.1, 0.15) is 22.9 Å². The van der Waals surface area contributed by atoms with Gasteiger partial charge in [0.05, 0.1) is 25.4 Å². The monoisotopic (exact) mass is 549 g/mol. The minimum atomic E-state index is 0. The molecule has 0 saturated heterocycles. The zero-order valence-corrected chi connectivity index (χ0v) is 21.6. The van der Waals surface area contributed by atoms with E-state index in [4.69, 9.17) is 9.15 Å². The summed E-state index contributed by atoms with van der Waals surface area (Å²) < 4.78 is 10.9. The van der Waals surface area contributed by atoms with Crippen LogP contribution in [-0.4, -0.2) is 50.6 Å². The van der Waals surface area contributed by atoms with Crippen LogP contribution in [0.25, 0.3) is 11.5 Å². The Balaban J connectivity index is 0.00000363. The highest BCUT2D eigenvalue weighted by molar-refractivity contribution is 14.0. The molecule has 0 aliphatic heterocycles. The predicted molar refractivity (Wildman–Crippen MR) is 140 cm³/mol. The molecule has 2 N–H and O–H groups in total. The number of oxazole rings is 1. The van der Waals surface area contributed by atoms with E-state index in [1.165, 1.54) is 11.1 Å². The molecule has 1 atom stereocenters. The van der Waals surface area contributed by atoms with E-state index < -0.39 is 0 Å². The average Bonchev–Trinajstić information content (AvgIpc) is 3.25. The second-order valence-corrected chi connectivity index (χ2v) is 7.57. The predicted octanol–water partition coefficient (Wildman–Crippen LogP) is 4.24. The van der Waals surface area contributed by atoms with E-state index in [0.717, 1.165) is 17.0 Å². The molecule has 3 rings (SSSR count). The molecule has 0 aliphatic carbocycles. The summed E-state index contributed by atoms with van der Waals surface area (Å²) in [5.41, 5.74) is 4.19. The fourth-order valence-corrected chi connectivity index (χ4v) is 3.23. The van der Waals surface area contributed by atoms with Crippen molar-refractivity contribution in [2.75, 3.05) is 34.8 Å². The Morgan fingerprint density at radius 1 is 1.09 bits per heavy atom. The number of aliphatic imine (C=N–C) groups is 1. The summed E-state index contributed by atoms with van der Waals surface area (Å²) in [6.07, 6.45) is 1.68. The lowest BCUT2D eigenvalue weighted by Crippen LogP contribution is -2.41. The Morgan fingerprint density at radius 3 is 2.38 bits per heavy atom. The Labute approximate surface area is 207 Å². The zero-order valence-electron chi connectivity index (χ0n) is 19.3. The molecule has 0 spiro atoms. The molecular formula is C24H32IN5O2. The van der Waals surface area contributed by atoms with Gasteiger partial charge in [-0.05, 0) is 50.8 Å². The molecule has 3 aromatic rings. The van der Waals surface area contributed by atoms with Gasteiger partial charge in [0.15, 0.2) is 5.96 Å². The topological polar surface area (TPSA) is 74.9 Å². The second-order valence-electron chi connectivity index (χ2n) is 7.57. The van der Waals surface area contributed by atoms with Crippen LogP contribution in [0.2, 0.25) is 0 Å². The van der Waals surface area contributed by atoms with Gasteiger partial charge in [0.2, 0.25) is 5.89 Å². The van der Waals surface area contributed by atoms with Gasteiger partial charge in [-0.25, -0.2) is 4.98 Å². The normalized spacial score (nSPS) is 12.2. The quantitative estimate of drug-likeness (QED) is 0.249. The smallest absolute Gasteiger partial charge is 0.226 e. The van der Waals surface area contributed by atoms with Gasteiger partial charge in [0.25, 0.3) is 0 Å². The van der Waals surface area contributed by atoms with Crippen LogP contribution in [0.3, 0.4) is 0 Å². The summed E-state index contributed by atoms with van der Waals surface area (Å²) in [5, 5.41) is 6.70. The SMILES string of the molecule is CN=C(NCc1coc(-c2ccc(C)cc2)n1)NCC(c1ccc(OC)cc1)N(C)C.I. The highest BCUT2D eigenvalue weighted by Crippen LogP contribution is 2.21. The summed E-state index contributed by atoms with van der Waals surface area (Å²) in [7, 11) is 7.56. The summed E-state index contributed by atoms with van der Waals surface area (Å²) in [5.74, 6) is 2.18. The Bertz CT molecular complexity index is 984. The number of benzene rings is 2. The number of aromatic nitrogens is 1. The largest absolute Gasteiger partial charge is 0.497 e. The highest BCUT2D eigenvalue weighted by Gasteiger charge is 2.15. The summed E-state index contributed by atoms with van der Waals surface area (Å²) >= 11 is 0. The summed E-state index contributed by atoms with van der Waals surface area (Å²) in [4.78, 5) is 11.1. The minimum Gasteiger partial charge on any atom is -0.497 e. The second kappa shape index (κ2) is 12.4. The fourth-order valence-electron chi connectivity index (χ4n) is 3.23. The van der Waals surface area contributed by atoms with Gasteiger partial charge in [0.1, 0.15) is 12.0 Å².